The van der Waals surface area contributed by atoms with Crippen LogP contribution in [0.15, 0.2) is 0 Å². The van der Waals surface area contributed by atoms with E-state index in [1.54, 1.807) is 0 Å². The molecule has 2 nitrogen and oxygen atoms in total. The molecule has 0 aromatic carbocycles. The maximum atomic E-state index is 11.7. The van der Waals surface area contributed by atoms with Crippen LogP contribution in [0.2, 0.25) is 0 Å². The molecule has 0 aliphatic heterocycles. The second-order valence-corrected chi connectivity index (χ2v) is 2.54. The van der Waals surface area contributed by atoms with Gasteiger partial charge < -0.3 is 10.8 Å². The van der Waals surface area contributed by atoms with Crippen LogP contribution in [-0.4, -0.2) is 23.7 Å². The maximum absolute atomic E-state index is 11.7. The highest BCUT2D eigenvalue weighted by molar-refractivity contribution is 5.85. The Morgan fingerprint density at radius 3 is 2.30 bits per heavy atom. The van der Waals surface area contributed by atoms with E-state index < -0.39 is 17.9 Å². The number of rotatable bonds is 2. The first-order valence-electron chi connectivity index (χ1n) is 2.78. The van der Waals surface area contributed by atoms with E-state index in [9.17, 15) is 8.78 Å². The summed E-state index contributed by atoms with van der Waals surface area (Å²) in [7, 11) is 0. The van der Waals surface area contributed by atoms with Crippen molar-refractivity contribution >= 4 is 12.4 Å². The molecule has 2 unspecified atom stereocenters. The van der Waals surface area contributed by atoms with Crippen molar-refractivity contribution in [2.75, 3.05) is 6.61 Å². The van der Waals surface area contributed by atoms with E-state index in [1.807, 2.05) is 0 Å². The lowest BCUT2D eigenvalue weighted by Crippen LogP contribution is -2.31. The Bertz CT molecular complexity index is 124. The zero-order chi connectivity index (χ0) is 7.07. The van der Waals surface area contributed by atoms with E-state index >= 15 is 0 Å². The fourth-order valence-corrected chi connectivity index (χ4v) is 0.872. The van der Waals surface area contributed by atoms with Gasteiger partial charge in [-0.25, -0.2) is 8.78 Å². The molecule has 0 aromatic heterocycles. The topological polar surface area (TPSA) is 46.2 Å². The molecule has 1 saturated carbocycles. The average molecular weight is 174 g/mol. The Kier molecular flexibility index (Phi) is 3.00. The smallest absolute Gasteiger partial charge is 0.243 e. The molecule has 2 atom stereocenters. The van der Waals surface area contributed by atoms with Gasteiger partial charge >= 0.3 is 0 Å². The highest BCUT2D eigenvalue weighted by atomic mass is 35.5. The number of aliphatic hydroxyl groups is 1. The van der Waals surface area contributed by atoms with Gasteiger partial charge in [-0.05, 0) is 6.42 Å². The van der Waals surface area contributed by atoms with Crippen LogP contribution >= 0.6 is 12.4 Å². The lowest BCUT2D eigenvalue weighted by molar-refractivity contribution is 0.103. The molecule has 62 valence electrons. The summed E-state index contributed by atoms with van der Waals surface area (Å²) in [5.74, 6) is -0.775. The molecule has 1 aliphatic rings. The summed E-state index contributed by atoms with van der Waals surface area (Å²) in [6, 6.07) is 0. The van der Waals surface area contributed by atoms with Crippen molar-refractivity contribution in [3.05, 3.63) is 0 Å². The van der Waals surface area contributed by atoms with Crippen molar-refractivity contribution in [2.24, 2.45) is 11.7 Å². The van der Waals surface area contributed by atoms with E-state index in [4.69, 9.17) is 10.8 Å². The van der Waals surface area contributed by atoms with E-state index in [0.717, 1.165) is 0 Å². The SMILES string of the molecule is Cl.NC1(CO)CC1C(F)F. The van der Waals surface area contributed by atoms with Gasteiger partial charge in [-0.1, -0.05) is 0 Å². The Morgan fingerprint density at radius 2 is 2.20 bits per heavy atom. The molecule has 0 bridgehead atoms. The molecular weight excluding hydrogens is 164 g/mol. The molecule has 0 spiro atoms. The normalized spacial score (nSPS) is 37.5. The fourth-order valence-electron chi connectivity index (χ4n) is 0.872. The molecule has 1 fully saturated rings. The van der Waals surface area contributed by atoms with Crippen molar-refractivity contribution < 1.29 is 13.9 Å². The summed E-state index contributed by atoms with van der Waals surface area (Å²) in [6.07, 6.45) is -2.12. The molecular formula is C5H10ClF2NO. The predicted molar refractivity (Wildman–Crippen MR) is 35.4 cm³/mol. The molecule has 5 heteroatoms. The van der Waals surface area contributed by atoms with Crippen LogP contribution in [0.1, 0.15) is 6.42 Å². The van der Waals surface area contributed by atoms with Crippen LogP contribution in [0.25, 0.3) is 0 Å². The van der Waals surface area contributed by atoms with Gasteiger partial charge in [0.2, 0.25) is 6.43 Å². The predicted octanol–water partition coefficient (Wildman–Crippen LogP) is 0.383. The molecule has 0 aromatic rings. The highest BCUT2D eigenvalue weighted by Crippen LogP contribution is 2.44. The lowest BCUT2D eigenvalue weighted by atomic mass is 10.2. The molecule has 0 heterocycles. The third-order valence-electron chi connectivity index (χ3n) is 1.78. The summed E-state index contributed by atoms with van der Waals surface area (Å²) in [6.45, 7) is -0.331. The lowest BCUT2D eigenvalue weighted by Gasteiger charge is -2.04. The number of aliphatic hydroxyl groups excluding tert-OH is 1. The maximum Gasteiger partial charge on any atom is 0.243 e. The Labute approximate surface area is 63.8 Å². The van der Waals surface area contributed by atoms with Crippen LogP contribution < -0.4 is 5.73 Å². The van der Waals surface area contributed by atoms with Gasteiger partial charge in [0.05, 0.1) is 6.61 Å². The highest BCUT2D eigenvalue weighted by Gasteiger charge is 2.55. The molecule has 0 saturated heterocycles. The summed E-state index contributed by atoms with van der Waals surface area (Å²) in [5, 5.41) is 8.43. The number of halogens is 3. The van der Waals surface area contributed by atoms with Crippen LogP contribution in [0.5, 0.6) is 0 Å². The van der Waals surface area contributed by atoms with Gasteiger partial charge in [0.25, 0.3) is 0 Å². The zero-order valence-electron chi connectivity index (χ0n) is 5.26. The monoisotopic (exact) mass is 173 g/mol. The zero-order valence-corrected chi connectivity index (χ0v) is 6.07. The van der Waals surface area contributed by atoms with Crippen molar-refractivity contribution in [3.8, 4) is 0 Å². The standard InChI is InChI=1S/C5H9F2NO.ClH/c6-4(7)3-1-5(3,8)2-9;/h3-4,9H,1-2,8H2;1H. The van der Waals surface area contributed by atoms with Crippen molar-refractivity contribution in [3.63, 3.8) is 0 Å². The quantitative estimate of drug-likeness (QED) is 0.635. The average Bonchev–Trinajstić information content (AvgIpc) is 2.44. The summed E-state index contributed by atoms with van der Waals surface area (Å²) < 4.78 is 23.4. The van der Waals surface area contributed by atoms with Gasteiger partial charge in [0.1, 0.15) is 0 Å². The number of alkyl halides is 2. The third-order valence-corrected chi connectivity index (χ3v) is 1.78. The van der Waals surface area contributed by atoms with Crippen LogP contribution in [0, 0.1) is 5.92 Å². The number of hydrogen-bond acceptors (Lipinski definition) is 2. The van der Waals surface area contributed by atoms with E-state index in [0.29, 0.717) is 0 Å². The summed E-state index contributed by atoms with van der Waals surface area (Å²) in [5.41, 5.74) is 4.30. The Morgan fingerprint density at radius 1 is 1.70 bits per heavy atom. The second-order valence-electron chi connectivity index (χ2n) is 2.54. The van der Waals surface area contributed by atoms with Crippen molar-refractivity contribution in [1.29, 1.82) is 0 Å². The van der Waals surface area contributed by atoms with Gasteiger partial charge in [-0.3, -0.25) is 0 Å². The van der Waals surface area contributed by atoms with E-state index in [1.165, 1.54) is 0 Å². The van der Waals surface area contributed by atoms with Crippen LogP contribution in [0.4, 0.5) is 8.78 Å². The molecule has 1 aliphatic carbocycles. The first kappa shape index (κ1) is 10.1. The minimum absolute atomic E-state index is 0. The van der Waals surface area contributed by atoms with Gasteiger partial charge in [-0.2, -0.15) is 0 Å². The van der Waals surface area contributed by atoms with Crippen molar-refractivity contribution in [2.45, 2.75) is 18.4 Å². The number of hydrogen-bond donors (Lipinski definition) is 2. The second kappa shape index (κ2) is 2.98. The van der Waals surface area contributed by atoms with Gasteiger partial charge in [-0.15, -0.1) is 12.4 Å². The van der Waals surface area contributed by atoms with Gasteiger partial charge in [0, 0.05) is 11.5 Å². The molecule has 3 N–H and O–H groups in total. The molecule has 0 radical (unpaired) electrons. The van der Waals surface area contributed by atoms with Crippen molar-refractivity contribution in [1.82, 2.24) is 0 Å². The fraction of sp³-hybridized carbons (Fsp3) is 1.00. The minimum atomic E-state index is -2.37. The largest absolute Gasteiger partial charge is 0.394 e. The molecule has 1 rings (SSSR count). The Hall–Kier alpha value is 0.0700. The van der Waals surface area contributed by atoms with Crippen LogP contribution in [0.3, 0.4) is 0 Å². The Balaban J connectivity index is 0.000000810. The number of nitrogens with two attached hydrogens (primary N) is 1. The minimum Gasteiger partial charge on any atom is -0.394 e. The molecule has 0 amide bonds. The third kappa shape index (κ3) is 1.56. The van der Waals surface area contributed by atoms with E-state index in [2.05, 4.69) is 0 Å². The first-order valence-corrected chi connectivity index (χ1v) is 2.78. The summed E-state index contributed by atoms with van der Waals surface area (Å²) >= 11 is 0. The van der Waals surface area contributed by atoms with E-state index in [-0.39, 0.29) is 25.4 Å². The van der Waals surface area contributed by atoms with Gasteiger partial charge in [0.15, 0.2) is 0 Å². The summed E-state index contributed by atoms with van der Waals surface area (Å²) in [4.78, 5) is 0. The molecule has 10 heavy (non-hydrogen) atoms. The first-order chi connectivity index (χ1) is 4.10. The van der Waals surface area contributed by atoms with Crippen LogP contribution in [-0.2, 0) is 0 Å².